The van der Waals surface area contributed by atoms with Crippen LogP contribution in [-0.2, 0) is 14.3 Å². The first-order valence-electron chi connectivity index (χ1n) is 14.2. The standard InChI is InChI=1S/C34H35N3O6S/c1-18(2)43-33(40)29-21(5)35-34-37(30(29)23-11-9-12-25(16-23)41-7)31(38)28(44-34)17-24-15-19(3)36(22(24)6)27-14-10-13-26(20(27)4)32(39)42-8/h9-18,30H,1-8H3/b28-17-/t30-/m1/s1. The van der Waals surface area contributed by atoms with E-state index in [9.17, 15) is 14.4 Å². The fraction of sp³-hybridized carbons (Fsp3) is 0.294. The first-order chi connectivity index (χ1) is 21.0. The topological polar surface area (TPSA) is 101 Å². The minimum Gasteiger partial charge on any atom is -0.497 e. The summed E-state index contributed by atoms with van der Waals surface area (Å²) in [7, 11) is 2.94. The van der Waals surface area contributed by atoms with Gasteiger partial charge in [0.15, 0.2) is 4.80 Å². The Morgan fingerprint density at radius 3 is 2.41 bits per heavy atom. The Kier molecular flexibility index (Phi) is 8.47. The van der Waals surface area contributed by atoms with E-state index in [4.69, 9.17) is 19.2 Å². The summed E-state index contributed by atoms with van der Waals surface area (Å²) in [5.74, 6) is -0.308. The molecule has 228 valence electrons. The number of thiazole rings is 1. The fourth-order valence-corrected chi connectivity index (χ4v) is 6.67. The average molecular weight is 614 g/mol. The first kappa shape index (κ1) is 30.7. The summed E-state index contributed by atoms with van der Waals surface area (Å²) in [6.45, 7) is 11.2. The highest BCUT2D eigenvalue weighted by atomic mass is 32.1. The van der Waals surface area contributed by atoms with Crippen molar-refractivity contribution < 1.29 is 23.8 Å². The van der Waals surface area contributed by atoms with Crippen molar-refractivity contribution in [2.75, 3.05) is 14.2 Å². The molecule has 1 aliphatic rings. The highest BCUT2D eigenvalue weighted by molar-refractivity contribution is 7.07. The van der Waals surface area contributed by atoms with Gasteiger partial charge in [0, 0.05) is 17.1 Å². The molecule has 0 saturated carbocycles. The van der Waals surface area contributed by atoms with E-state index in [0.29, 0.717) is 37.5 Å². The maximum atomic E-state index is 14.2. The van der Waals surface area contributed by atoms with Crippen molar-refractivity contribution in [2.24, 2.45) is 4.99 Å². The lowest BCUT2D eigenvalue weighted by molar-refractivity contribution is -0.143. The molecule has 0 bridgehead atoms. The van der Waals surface area contributed by atoms with Crippen molar-refractivity contribution >= 4 is 29.4 Å². The molecule has 5 rings (SSSR count). The van der Waals surface area contributed by atoms with Gasteiger partial charge in [0.2, 0.25) is 0 Å². The van der Waals surface area contributed by atoms with Gasteiger partial charge >= 0.3 is 11.9 Å². The number of aromatic nitrogens is 2. The molecule has 2 aromatic carbocycles. The minimum atomic E-state index is -0.745. The molecule has 0 aliphatic carbocycles. The Morgan fingerprint density at radius 1 is 1.00 bits per heavy atom. The quantitative estimate of drug-likeness (QED) is 0.280. The van der Waals surface area contributed by atoms with E-state index >= 15 is 0 Å². The Labute approximate surface area is 259 Å². The summed E-state index contributed by atoms with van der Waals surface area (Å²) in [5, 5.41) is 0. The number of methoxy groups -OCH3 is 2. The van der Waals surface area contributed by atoms with Gasteiger partial charge in [0.1, 0.15) is 5.75 Å². The van der Waals surface area contributed by atoms with Gasteiger partial charge in [-0.3, -0.25) is 9.36 Å². The van der Waals surface area contributed by atoms with E-state index in [1.165, 1.54) is 18.4 Å². The molecular weight excluding hydrogens is 578 g/mol. The van der Waals surface area contributed by atoms with E-state index in [1.807, 2.05) is 69.3 Å². The molecule has 0 unspecified atom stereocenters. The lowest BCUT2D eigenvalue weighted by atomic mass is 9.95. The van der Waals surface area contributed by atoms with Crippen LogP contribution >= 0.6 is 11.3 Å². The van der Waals surface area contributed by atoms with Gasteiger partial charge in [0.05, 0.1) is 47.7 Å². The fourth-order valence-electron chi connectivity index (χ4n) is 5.63. The van der Waals surface area contributed by atoms with Crippen LogP contribution in [0, 0.1) is 20.8 Å². The second kappa shape index (κ2) is 12.1. The lowest BCUT2D eigenvalue weighted by Gasteiger charge is -2.25. The Bertz CT molecular complexity index is 2010. The highest BCUT2D eigenvalue weighted by Gasteiger charge is 2.34. The van der Waals surface area contributed by atoms with Crippen LogP contribution in [0.1, 0.15) is 65.2 Å². The maximum absolute atomic E-state index is 14.2. The zero-order valence-corrected chi connectivity index (χ0v) is 26.9. The van der Waals surface area contributed by atoms with Crippen LogP contribution < -0.4 is 19.6 Å². The number of esters is 2. The Morgan fingerprint density at radius 2 is 1.73 bits per heavy atom. The molecule has 3 heterocycles. The van der Waals surface area contributed by atoms with E-state index in [-0.39, 0.29) is 11.7 Å². The van der Waals surface area contributed by atoms with Crippen molar-refractivity contribution in [1.29, 1.82) is 0 Å². The molecule has 9 nitrogen and oxygen atoms in total. The van der Waals surface area contributed by atoms with Gasteiger partial charge < -0.3 is 18.8 Å². The van der Waals surface area contributed by atoms with Crippen LogP contribution in [0.5, 0.6) is 5.75 Å². The Balaban J connectivity index is 1.69. The molecule has 4 aromatic rings. The van der Waals surface area contributed by atoms with Crippen molar-refractivity contribution in [3.8, 4) is 11.4 Å². The van der Waals surface area contributed by atoms with Crippen molar-refractivity contribution in [3.05, 3.63) is 113 Å². The molecule has 0 fully saturated rings. The van der Waals surface area contributed by atoms with Crippen molar-refractivity contribution in [3.63, 3.8) is 0 Å². The number of allylic oxidation sites excluding steroid dienone is 1. The zero-order valence-electron chi connectivity index (χ0n) is 26.1. The molecular formula is C34H35N3O6S. The largest absolute Gasteiger partial charge is 0.497 e. The number of aryl methyl sites for hydroxylation is 1. The van der Waals surface area contributed by atoms with Crippen LogP contribution in [0.25, 0.3) is 11.8 Å². The first-order valence-corrected chi connectivity index (χ1v) is 15.0. The predicted molar refractivity (Wildman–Crippen MR) is 169 cm³/mol. The minimum absolute atomic E-state index is 0.266. The molecule has 44 heavy (non-hydrogen) atoms. The van der Waals surface area contributed by atoms with Gasteiger partial charge in [-0.05, 0) is 94.6 Å². The lowest BCUT2D eigenvalue weighted by Crippen LogP contribution is -2.40. The van der Waals surface area contributed by atoms with E-state index < -0.39 is 18.0 Å². The molecule has 10 heteroatoms. The number of ether oxygens (including phenoxy) is 3. The van der Waals surface area contributed by atoms with Gasteiger partial charge in [-0.1, -0.05) is 29.5 Å². The third kappa shape index (κ3) is 5.41. The molecule has 0 N–H and O–H groups in total. The average Bonchev–Trinajstić information content (AvgIpc) is 3.44. The van der Waals surface area contributed by atoms with E-state index in [2.05, 4.69) is 4.57 Å². The van der Waals surface area contributed by atoms with Crippen LogP contribution in [-0.4, -0.2) is 41.4 Å². The van der Waals surface area contributed by atoms with Crippen molar-refractivity contribution in [2.45, 2.75) is 53.7 Å². The van der Waals surface area contributed by atoms with Crippen LogP contribution in [0.2, 0.25) is 0 Å². The number of hydrogen-bond acceptors (Lipinski definition) is 8. The smallest absolute Gasteiger partial charge is 0.338 e. The molecule has 1 atom stereocenters. The number of rotatable bonds is 7. The van der Waals surface area contributed by atoms with E-state index in [0.717, 1.165) is 28.2 Å². The third-order valence-corrected chi connectivity index (χ3v) is 8.69. The second-order valence-electron chi connectivity index (χ2n) is 10.9. The number of carbonyl (C=O) groups excluding carboxylic acids is 2. The monoisotopic (exact) mass is 613 g/mol. The van der Waals surface area contributed by atoms with Crippen LogP contribution in [0.3, 0.4) is 0 Å². The SMILES string of the molecule is COC(=O)c1cccc(-n2c(C)cc(/C=c3\sc4n(c3=O)[C@H](c3cccc(OC)c3)C(C(=O)OC(C)C)=C(C)N=4)c2C)c1C. The molecule has 1 aliphatic heterocycles. The summed E-state index contributed by atoms with van der Waals surface area (Å²) < 4.78 is 20.1. The van der Waals surface area contributed by atoms with Crippen molar-refractivity contribution in [1.82, 2.24) is 9.13 Å². The number of nitrogens with zero attached hydrogens (tertiary/aromatic N) is 3. The van der Waals surface area contributed by atoms with Crippen LogP contribution in [0.15, 0.2) is 69.6 Å². The predicted octanol–water partition coefficient (Wildman–Crippen LogP) is 4.70. The summed E-state index contributed by atoms with van der Waals surface area (Å²) in [4.78, 5) is 45.1. The summed E-state index contributed by atoms with van der Waals surface area (Å²) in [5.41, 5.74) is 6.08. The third-order valence-electron chi connectivity index (χ3n) is 7.70. The van der Waals surface area contributed by atoms with Gasteiger partial charge in [-0.2, -0.15) is 0 Å². The Hall–Kier alpha value is -4.70. The van der Waals surface area contributed by atoms with Crippen LogP contribution in [0.4, 0.5) is 0 Å². The van der Waals surface area contributed by atoms with Gasteiger partial charge in [-0.15, -0.1) is 0 Å². The number of benzene rings is 2. The molecule has 0 spiro atoms. The molecule has 0 radical (unpaired) electrons. The normalized spacial score (nSPS) is 14.8. The summed E-state index contributed by atoms with van der Waals surface area (Å²) >= 11 is 1.27. The second-order valence-corrected chi connectivity index (χ2v) is 11.9. The highest BCUT2D eigenvalue weighted by Crippen LogP contribution is 2.33. The molecule has 0 amide bonds. The molecule has 2 aromatic heterocycles. The number of fused-ring (bicyclic) bond motifs is 1. The zero-order chi connectivity index (χ0) is 31.9. The summed E-state index contributed by atoms with van der Waals surface area (Å²) in [6.07, 6.45) is 1.52. The maximum Gasteiger partial charge on any atom is 0.338 e. The van der Waals surface area contributed by atoms with Gasteiger partial charge in [0.25, 0.3) is 5.56 Å². The van der Waals surface area contributed by atoms with Gasteiger partial charge in [-0.25, -0.2) is 14.6 Å². The summed E-state index contributed by atoms with van der Waals surface area (Å²) in [6, 6.07) is 14.1. The number of carbonyl (C=O) groups is 2. The molecule has 0 saturated heterocycles. The number of hydrogen-bond donors (Lipinski definition) is 0. The van der Waals surface area contributed by atoms with E-state index in [1.54, 1.807) is 38.5 Å².